The Labute approximate surface area is 222 Å². The number of ether oxygens (including phenoxy) is 1. The van der Waals surface area contributed by atoms with Crippen molar-refractivity contribution in [1.29, 1.82) is 0 Å². The van der Waals surface area contributed by atoms with Gasteiger partial charge in [-0.1, -0.05) is 55.8 Å². The SMILES string of the molecule is CCCCc1nc(O)c(S(=O)(=O)c2ccc(-c3ccncc3C)cc2)c(=O)n1C(COC)c1ccccc1. The Morgan fingerprint density at radius 2 is 1.76 bits per heavy atom. The van der Waals surface area contributed by atoms with Gasteiger partial charge in [0, 0.05) is 25.9 Å². The number of aryl methyl sites for hydroxylation is 2. The molecule has 2 aromatic carbocycles. The van der Waals surface area contributed by atoms with E-state index in [0.29, 0.717) is 18.7 Å². The minimum Gasteiger partial charge on any atom is -0.492 e. The summed E-state index contributed by atoms with van der Waals surface area (Å²) < 4.78 is 34.2. The number of benzene rings is 2. The molecule has 1 N–H and O–H groups in total. The number of pyridine rings is 1. The number of hydrogen-bond acceptors (Lipinski definition) is 7. The number of hydrogen-bond donors (Lipinski definition) is 1. The van der Waals surface area contributed by atoms with Gasteiger partial charge >= 0.3 is 0 Å². The summed E-state index contributed by atoms with van der Waals surface area (Å²) in [6.45, 7) is 4.04. The second kappa shape index (κ2) is 11.7. The number of sulfone groups is 1. The van der Waals surface area contributed by atoms with Crippen molar-refractivity contribution in [2.75, 3.05) is 13.7 Å². The monoisotopic (exact) mass is 533 g/mol. The third-order valence-corrected chi connectivity index (χ3v) is 8.26. The lowest BCUT2D eigenvalue weighted by Gasteiger charge is -2.24. The summed E-state index contributed by atoms with van der Waals surface area (Å²) in [5, 5.41) is 10.8. The molecule has 1 atom stereocenters. The van der Waals surface area contributed by atoms with Crippen molar-refractivity contribution in [2.24, 2.45) is 0 Å². The Hall–Kier alpha value is -3.82. The summed E-state index contributed by atoms with van der Waals surface area (Å²) >= 11 is 0. The predicted molar refractivity (Wildman–Crippen MR) is 145 cm³/mol. The van der Waals surface area contributed by atoms with Gasteiger partial charge < -0.3 is 9.84 Å². The van der Waals surface area contributed by atoms with Gasteiger partial charge in [-0.15, -0.1) is 0 Å². The fourth-order valence-corrected chi connectivity index (χ4v) is 5.84. The lowest BCUT2D eigenvalue weighted by atomic mass is 10.0. The van der Waals surface area contributed by atoms with Crippen LogP contribution in [0.3, 0.4) is 0 Å². The number of nitrogens with zero attached hydrogens (tertiary/aromatic N) is 3. The first kappa shape index (κ1) is 27.2. The van der Waals surface area contributed by atoms with Crippen LogP contribution in [0.15, 0.2) is 87.6 Å². The Bertz CT molecular complexity index is 1570. The third kappa shape index (κ3) is 5.39. The van der Waals surface area contributed by atoms with Crippen LogP contribution >= 0.6 is 0 Å². The Morgan fingerprint density at radius 3 is 2.39 bits per heavy atom. The molecule has 0 aliphatic rings. The van der Waals surface area contributed by atoms with Crippen molar-refractivity contribution < 1.29 is 18.3 Å². The normalized spacial score (nSPS) is 12.4. The van der Waals surface area contributed by atoms with Crippen molar-refractivity contribution in [3.63, 3.8) is 0 Å². The molecule has 38 heavy (non-hydrogen) atoms. The zero-order valence-corrected chi connectivity index (χ0v) is 22.5. The van der Waals surface area contributed by atoms with E-state index in [0.717, 1.165) is 28.7 Å². The van der Waals surface area contributed by atoms with Crippen LogP contribution in [-0.4, -0.2) is 41.8 Å². The molecule has 0 spiro atoms. The largest absolute Gasteiger partial charge is 0.492 e. The minimum atomic E-state index is -4.40. The lowest BCUT2D eigenvalue weighted by molar-refractivity contribution is 0.165. The molecular weight excluding hydrogens is 502 g/mol. The summed E-state index contributed by atoms with van der Waals surface area (Å²) in [7, 11) is -2.88. The fraction of sp³-hybridized carbons (Fsp3) is 0.276. The molecule has 0 radical (unpaired) electrons. The highest BCUT2D eigenvalue weighted by molar-refractivity contribution is 7.91. The molecule has 0 saturated carbocycles. The average Bonchev–Trinajstić information content (AvgIpc) is 2.91. The summed E-state index contributed by atoms with van der Waals surface area (Å²) in [6, 6.07) is 16.7. The smallest absolute Gasteiger partial charge is 0.277 e. The maximum atomic E-state index is 13.9. The molecule has 0 amide bonds. The van der Waals surface area contributed by atoms with Crippen LogP contribution in [0.5, 0.6) is 5.88 Å². The van der Waals surface area contributed by atoms with Crippen LogP contribution < -0.4 is 5.56 Å². The quantitative estimate of drug-likeness (QED) is 0.314. The lowest BCUT2D eigenvalue weighted by Crippen LogP contribution is -2.35. The van der Waals surface area contributed by atoms with E-state index < -0.39 is 32.2 Å². The highest BCUT2D eigenvalue weighted by Crippen LogP contribution is 2.30. The Balaban J connectivity index is 1.87. The Kier molecular flexibility index (Phi) is 8.38. The minimum absolute atomic E-state index is 0.113. The highest BCUT2D eigenvalue weighted by Gasteiger charge is 2.32. The topological polar surface area (TPSA) is 111 Å². The summed E-state index contributed by atoms with van der Waals surface area (Å²) in [5.41, 5.74) is 2.61. The van der Waals surface area contributed by atoms with Crippen LogP contribution in [0.1, 0.15) is 42.8 Å². The zero-order valence-electron chi connectivity index (χ0n) is 21.7. The zero-order chi connectivity index (χ0) is 27.3. The van der Waals surface area contributed by atoms with E-state index in [1.807, 2.05) is 50.2 Å². The first-order valence-electron chi connectivity index (χ1n) is 12.4. The molecule has 4 aromatic rings. The van der Waals surface area contributed by atoms with Crippen LogP contribution in [-0.2, 0) is 21.0 Å². The van der Waals surface area contributed by atoms with E-state index >= 15 is 0 Å². The molecule has 2 aromatic heterocycles. The molecular formula is C29H31N3O5S. The first-order chi connectivity index (χ1) is 18.3. The first-order valence-corrected chi connectivity index (χ1v) is 13.9. The van der Waals surface area contributed by atoms with E-state index in [2.05, 4.69) is 9.97 Å². The molecule has 0 aliphatic carbocycles. The predicted octanol–water partition coefficient (Wildman–Crippen LogP) is 4.73. The maximum Gasteiger partial charge on any atom is 0.277 e. The van der Waals surface area contributed by atoms with Gasteiger partial charge in [-0.05, 0) is 53.8 Å². The summed E-state index contributed by atoms with van der Waals surface area (Å²) in [6.07, 6.45) is 5.34. The van der Waals surface area contributed by atoms with Gasteiger partial charge in [-0.2, -0.15) is 4.98 Å². The number of methoxy groups -OCH3 is 1. The van der Waals surface area contributed by atoms with Gasteiger partial charge in [-0.3, -0.25) is 14.3 Å². The summed E-state index contributed by atoms with van der Waals surface area (Å²) in [5.74, 6) is -0.488. The number of unbranched alkanes of at least 4 members (excludes halogenated alkanes) is 1. The van der Waals surface area contributed by atoms with Gasteiger partial charge in [-0.25, -0.2) is 8.42 Å². The van der Waals surface area contributed by atoms with E-state index in [4.69, 9.17) is 4.74 Å². The maximum absolute atomic E-state index is 13.9. The van der Waals surface area contributed by atoms with Crippen LogP contribution in [0.2, 0.25) is 0 Å². The standard InChI is InChI=1S/C29H31N3O5S/c1-4-5-11-26-31-28(33)27(29(34)32(26)25(19-37-3)22-9-7-6-8-10-22)38(35,36)23-14-12-21(13-15-23)24-16-17-30-18-20(24)2/h6-10,12-18,25,33H,4-5,11,19H2,1-3H3. The number of aromatic hydroxyl groups is 1. The molecule has 2 heterocycles. The van der Waals surface area contributed by atoms with Gasteiger partial charge in [0.1, 0.15) is 5.82 Å². The molecule has 0 saturated heterocycles. The van der Waals surface area contributed by atoms with Crippen LogP contribution in [0, 0.1) is 6.92 Å². The number of rotatable bonds is 10. The van der Waals surface area contributed by atoms with Crippen molar-refractivity contribution in [2.45, 2.75) is 48.9 Å². The molecule has 8 nitrogen and oxygen atoms in total. The van der Waals surface area contributed by atoms with E-state index in [1.54, 1.807) is 24.5 Å². The van der Waals surface area contributed by atoms with Crippen molar-refractivity contribution in [3.8, 4) is 17.0 Å². The molecule has 198 valence electrons. The second-order valence-electron chi connectivity index (χ2n) is 9.06. The van der Waals surface area contributed by atoms with Gasteiger partial charge in [0.2, 0.25) is 15.7 Å². The van der Waals surface area contributed by atoms with Gasteiger partial charge in [0.25, 0.3) is 5.56 Å². The molecule has 0 bridgehead atoms. The van der Waals surface area contributed by atoms with Crippen molar-refractivity contribution in [1.82, 2.24) is 14.5 Å². The number of aromatic nitrogens is 3. The molecule has 9 heteroatoms. The van der Waals surface area contributed by atoms with Crippen LogP contribution in [0.25, 0.3) is 11.1 Å². The van der Waals surface area contributed by atoms with Crippen molar-refractivity contribution in [3.05, 3.63) is 100 Å². The third-order valence-electron chi connectivity index (χ3n) is 6.47. The van der Waals surface area contributed by atoms with Gasteiger partial charge in [0.15, 0.2) is 4.90 Å². The average molecular weight is 534 g/mol. The molecule has 0 aliphatic heterocycles. The molecule has 1 unspecified atom stereocenters. The van der Waals surface area contributed by atoms with Crippen LogP contribution in [0.4, 0.5) is 0 Å². The Morgan fingerprint density at radius 1 is 1.05 bits per heavy atom. The second-order valence-corrected chi connectivity index (χ2v) is 10.9. The fourth-order valence-electron chi connectivity index (χ4n) is 4.50. The van der Waals surface area contributed by atoms with Gasteiger partial charge in [0.05, 0.1) is 17.5 Å². The van der Waals surface area contributed by atoms with E-state index in [-0.39, 0.29) is 11.5 Å². The summed E-state index contributed by atoms with van der Waals surface area (Å²) in [4.78, 5) is 21.4. The van der Waals surface area contributed by atoms with Crippen molar-refractivity contribution >= 4 is 9.84 Å². The molecule has 4 rings (SSSR count). The van der Waals surface area contributed by atoms with E-state index in [1.165, 1.54) is 23.8 Å². The highest BCUT2D eigenvalue weighted by atomic mass is 32.2. The van der Waals surface area contributed by atoms with E-state index in [9.17, 15) is 18.3 Å². The molecule has 0 fully saturated rings.